The molecule has 0 amide bonds. The zero-order chi connectivity index (χ0) is 15.4. The van der Waals surface area contributed by atoms with Gasteiger partial charge < -0.3 is 18.9 Å². The predicted molar refractivity (Wildman–Crippen MR) is 79.3 cm³/mol. The first kappa shape index (κ1) is 14.3. The fraction of sp³-hybridized carbons (Fsp3) is 0.647. The van der Waals surface area contributed by atoms with Crippen molar-refractivity contribution in [2.75, 3.05) is 26.9 Å². The summed E-state index contributed by atoms with van der Waals surface area (Å²) in [5.41, 5.74) is 0.816. The summed E-state index contributed by atoms with van der Waals surface area (Å²) < 4.78 is 24.3. The molecular formula is C17H21NO5. The molecule has 4 aliphatic rings. The van der Waals surface area contributed by atoms with Gasteiger partial charge in [-0.05, 0) is 5.56 Å². The van der Waals surface area contributed by atoms with Crippen LogP contribution in [0.25, 0.3) is 0 Å². The van der Waals surface area contributed by atoms with Crippen molar-refractivity contribution in [2.24, 2.45) is 5.92 Å². The Hall–Kier alpha value is -1.02. The van der Waals surface area contributed by atoms with E-state index in [9.17, 15) is 0 Å². The summed E-state index contributed by atoms with van der Waals surface area (Å²) in [7, 11) is 1.98. The topological polar surface area (TPSA) is 49.4 Å². The molecule has 6 heteroatoms. The lowest BCUT2D eigenvalue weighted by atomic mass is 9.73. The average molecular weight is 319 g/mol. The SMILES string of the molecule is CN1OC[C@H]2OC[C@@H]3[C@H]4CO[C@H](O4)[C@@H](OCc4ccccc4)[C@@]321. The van der Waals surface area contributed by atoms with Crippen molar-refractivity contribution in [1.29, 1.82) is 0 Å². The van der Waals surface area contributed by atoms with Crippen molar-refractivity contribution in [3.8, 4) is 0 Å². The van der Waals surface area contributed by atoms with Crippen molar-refractivity contribution in [3.63, 3.8) is 0 Å². The second-order valence-corrected chi connectivity index (χ2v) is 6.70. The summed E-state index contributed by atoms with van der Waals surface area (Å²) in [6.45, 7) is 2.36. The Morgan fingerprint density at radius 3 is 2.91 bits per heavy atom. The van der Waals surface area contributed by atoms with E-state index in [1.807, 2.05) is 30.3 Å². The molecular weight excluding hydrogens is 298 g/mol. The molecule has 5 rings (SSSR count). The maximum absolute atomic E-state index is 6.34. The van der Waals surface area contributed by atoms with Crippen LogP contribution in [0.5, 0.6) is 0 Å². The summed E-state index contributed by atoms with van der Waals surface area (Å²) in [5, 5.41) is 1.95. The van der Waals surface area contributed by atoms with Crippen LogP contribution in [-0.2, 0) is 30.4 Å². The highest BCUT2D eigenvalue weighted by Crippen LogP contribution is 2.53. The lowest BCUT2D eigenvalue weighted by Crippen LogP contribution is -2.68. The molecule has 4 saturated heterocycles. The molecule has 4 heterocycles. The fourth-order valence-corrected chi connectivity index (χ4v) is 4.61. The Balaban J connectivity index is 1.47. The van der Waals surface area contributed by atoms with Gasteiger partial charge in [-0.3, -0.25) is 4.84 Å². The minimum Gasteiger partial charge on any atom is -0.373 e. The summed E-state index contributed by atoms with van der Waals surface area (Å²) >= 11 is 0. The molecule has 1 aromatic rings. The normalized spacial score (nSPS) is 45.2. The number of fused-ring (bicyclic) bond motifs is 3. The van der Waals surface area contributed by atoms with Gasteiger partial charge >= 0.3 is 0 Å². The van der Waals surface area contributed by atoms with Crippen LogP contribution in [0.1, 0.15) is 5.56 Å². The van der Waals surface area contributed by atoms with Crippen LogP contribution in [0.15, 0.2) is 30.3 Å². The van der Waals surface area contributed by atoms with Crippen LogP contribution in [-0.4, -0.2) is 62.1 Å². The Morgan fingerprint density at radius 1 is 1.17 bits per heavy atom. The van der Waals surface area contributed by atoms with Gasteiger partial charge in [0.25, 0.3) is 0 Å². The van der Waals surface area contributed by atoms with Crippen LogP contribution < -0.4 is 0 Å². The van der Waals surface area contributed by atoms with E-state index in [2.05, 4.69) is 12.1 Å². The zero-order valence-electron chi connectivity index (χ0n) is 13.1. The Kier molecular flexibility index (Phi) is 3.27. The van der Waals surface area contributed by atoms with Crippen molar-refractivity contribution < 1.29 is 23.8 Å². The molecule has 0 aliphatic carbocycles. The van der Waals surface area contributed by atoms with E-state index >= 15 is 0 Å². The predicted octanol–water partition coefficient (Wildman–Crippen LogP) is 0.958. The first-order chi connectivity index (χ1) is 11.3. The van der Waals surface area contributed by atoms with Crippen LogP contribution in [0.4, 0.5) is 0 Å². The lowest BCUT2D eigenvalue weighted by Gasteiger charge is -2.48. The molecule has 0 N–H and O–H groups in total. The smallest absolute Gasteiger partial charge is 0.186 e. The van der Waals surface area contributed by atoms with E-state index in [4.69, 9.17) is 23.8 Å². The molecule has 2 bridgehead atoms. The van der Waals surface area contributed by atoms with E-state index in [1.165, 1.54) is 0 Å². The van der Waals surface area contributed by atoms with Crippen LogP contribution in [0, 0.1) is 5.92 Å². The molecule has 0 radical (unpaired) electrons. The number of likely N-dealkylation sites (N-methyl/N-ethyl adjacent to an activating group) is 1. The van der Waals surface area contributed by atoms with Gasteiger partial charge in [0.05, 0.1) is 32.5 Å². The molecule has 0 unspecified atom stereocenters. The number of hydrogen-bond acceptors (Lipinski definition) is 6. The number of rotatable bonds is 3. The third-order valence-corrected chi connectivity index (χ3v) is 5.71. The number of benzene rings is 1. The summed E-state index contributed by atoms with van der Waals surface area (Å²) in [6.07, 6.45) is -0.514. The molecule has 23 heavy (non-hydrogen) atoms. The van der Waals surface area contributed by atoms with Gasteiger partial charge in [-0.15, -0.1) is 0 Å². The first-order valence-corrected chi connectivity index (χ1v) is 8.21. The van der Waals surface area contributed by atoms with E-state index < -0.39 is 0 Å². The van der Waals surface area contributed by atoms with Crippen molar-refractivity contribution in [1.82, 2.24) is 5.06 Å². The largest absolute Gasteiger partial charge is 0.373 e. The second-order valence-electron chi connectivity index (χ2n) is 6.70. The number of hydrogen-bond donors (Lipinski definition) is 0. The lowest BCUT2D eigenvalue weighted by molar-refractivity contribution is -0.278. The Morgan fingerprint density at radius 2 is 2.04 bits per heavy atom. The maximum Gasteiger partial charge on any atom is 0.186 e. The summed E-state index contributed by atoms with van der Waals surface area (Å²) in [4.78, 5) is 5.80. The van der Waals surface area contributed by atoms with Gasteiger partial charge in [0.15, 0.2) is 6.29 Å². The number of ether oxygens (including phenoxy) is 4. The standard InChI is InChI=1S/C17H21NO5/c1-18-17-12(8-19-14(17)10-22-18)13-9-21-16(23-13)15(17)20-7-11-5-3-2-4-6-11/h2-6,12-16H,7-10H2,1H3/t12-,13-,14-,15-,16-,17-/m1/s1. The van der Waals surface area contributed by atoms with E-state index in [0.29, 0.717) is 26.4 Å². The minimum atomic E-state index is -0.353. The van der Waals surface area contributed by atoms with Gasteiger partial charge in [-0.1, -0.05) is 30.3 Å². The molecule has 0 aromatic heterocycles. The van der Waals surface area contributed by atoms with Crippen LogP contribution in [0.2, 0.25) is 0 Å². The molecule has 1 spiro atoms. The van der Waals surface area contributed by atoms with E-state index in [1.54, 1.807) is 0 Å². The van der Waals surface area contributed by atoms with Crippen molar-refractivity contribution in [2.45, 2.75) is 36.7 Å². The van der Waals surface area contributed by atoms with E-state index in [-0.39, 0.29) is 36.1 Å². The first-order valence-electron chi connectivity index (χ1n) is 8.21. The molecule has 4 aliphatic heterocycles. The minimum absolute atomic E-state index is 0.00822. The van der Waals surface area contributed by atoms with Gasteiger partial charge in [0, 0.05) is 13.0 Å². The molecule has 6 atom stereocenters. The summed E-state index contributed by atoms with van der Waals surface area (Å²) in [5.74, 6) is 0.208. The second kappa shape index (κ2) is 5.24. The van der Waals surface area contributed by atoms with Gasteiger partial charge in [0.2, 0.25) is 0 Å². The number of hydroxylamine groups is 2. The Bertz CT molecular complexity index is 584. The molecule has 6 nitrogen and oxygen atoms in total. The molecule has 0 saturated carbocycles. The van der Waals surface area contributed by atoms with Gasteiger partial charge in [0.1, 0.15) is 17.7 Å². The highest BCUT2D eigenvalue weighted by Gasteiger charge is 2.71. The number of nitrogens with zero attached hydrogens (tertiary/aromatic N) is 1. The van der Waals surface area contributed by atoms with Crippen LogP contribution in [0.3, 0.4) is 0 Å². The quantitative estimate of drug-likeness (QED) is 0.827. The highest BCUT2D eigenvalue weighted by atomic mass is 16.8. The van der Waals surface area contributed by atoms with E-state index in [0.717, 1.165) is 5.56 Å². The van der Waals surface area contributed by atoms with Gasteiger partial charge in [-0.2, -0.15) is 5.06 Å². The highest BCUT2D eigenvalue weighted by molar-refractivity contribution is 5.19. The maximum atomic E-state index is 6.34. The third-order valence-electron chi connectivity index (χ3n) is 5.71. The average Bonchev–Trinajstić information content (AvgIpc) is 3.24. The monoisotopic (exact) mass is 319 g/mol. The van der Waals surface area contributed by atoms with Crippen molar-refractivity contribution in [3.05, 3.63) is 35.9 Å². The zero-order valence-corrected chi connectivity index (χ0v) is 13.1. The molecule has 124 valence electrons. The Labute approximate surface area is 135 Å². The van der Waals surface area contributed by atoms with Gasteiger partial charge in [-0.25, -0.2) is 0 Å². The molecule has 4 fully saturated rings. The summed E-state index contributed by atoms with van der Waals surface area (Å²) in [6, 6.07) is 10.2. The van der Waals surface area contributed by atoms with Crippen LogP contribution >= 0.6 is 0 Å². The molecule has 1 aromatic carbocycles. The van der Waals surface area contributed by atoms with Crippen molar-refractivity contribution >= 4 is 0 Å². The fourth-order valence-electron chi connectivity index (χ4n) is 4.61. The third kappa shape index (κ3) is 1.91.